The zero-order valence-corrected chi connectivity index (χ0v) is 29.2. The van der Waals surface area contributed by atoms with E-state index in [1.807, 2.05) is 64.4 Å². The van der Waals surface area contributed by atoms with Gasteiger partial charge in [0.15, 0.2) is 0 Å². The van der Waals surface area contributed by atoms with Gasteiger partial charge in [0, 0.05) is 49.1 Å². The number of amides is 3. The molecule has 0 spiro atoms. The van der Waals surface area contributed by atoms with Crippen LogP contribution in [0.2, 0.25) is 0 Å². The van der Waals surface area contributed by atoms with Crippen LogP contribution >= 0.6 is 0 Å². The Morgan fingerprint density at radius 2 is 1.73 bits per heavy atom. The van der Waals surface area contributed by atoms with Gasteiger partial charge < -0.3 is 25.0 Å². The van der Waals surface area contributed by atoms with Gasteiger partial charge in [0.05, 0.1) is 19.3 Å². The highest BCUT2D eigenvalue weighted by Crippen LogP contribution is 2.36. The largest absolute Gasteiger partial charge is 0.493 e. The maximum absolute atomic E-state index is 13.4. The van der Waals surface area contributed by atoms with Gasteiger partial charge in [-0.3, -0.25) is 14.3 Å². The molecule has 3 aromatic carbocycles. The molecule has 49 heavy (non-hydrogen) atoms. The SMILES string of the molecule is Cc1cccc(OCCCC(=O)N2CCCc3c(-c4cnn(Cc5cccc(C(=O)NCCNC(=O)OC(C)(C)C)c5)c4)cccc32)c1C. The lowest BCUT2D eigenvalue weighted by Gasteiger charge is -2.31. The summed E-state index contributed by atoms with van der Waals surface area (Å²) in [4.78, 5) is 39.9. The van der Waals surface area contributed by atoms with E-state index >= 15 is 0 Å². The number of benzene rings is 3. The number of aromatic nitrogens is 2. The van der Waals surface area contributed by atoms with Crippen LogP contribution in [-0.4, -0.2) is 59.5 Å². The highest BCUT2D eigenvalue weighted by Gasteiger charge is 2.25. The topological polar surface area (TPSA) is 115 Å². The first-order chi connectivity index (χ1) is 23.5. The van der Waals surface area contributed by atoms with Crippen LogP contribution < -0.4 is 20.3 Å². The fraction of sp³-hybridized carbons (Fsp3) is 0.385. The van der Waals surface area contributed by atoms with E-state index in [0.29, 0.717) is 38.1 Å². The molecule has 0 radical (unpaired) electrons. The van der Waals surface area contributed by atoms with E-state index in [-0.39, 0.29) is 24.9 Å². The quantitative estimate of drug-likeness (QED) is 0.165. The summed E-state index contributed by atoms with van der Waals surface area (Å²) in [6.45, 7) is 11.7. The van der Waals surface area contributed by atoms with E-state index in [0.717, 1.165) is 52.1 Å². The monoisotopic (exact) mass is 665 g/mol. The van der Waals surface area contributed by atoms with Crippen LogP contribution in [-0.2, 0) is 22.5 Å². The Bertz CT molecular complexity index is 1790. The standard InChI is InChI=1S/C39H47N5O5/c1-27-11-6-17-35(28(27)2)48-22-10-18-36(45)44-21-9-15-33-32(14-8-16-34(33)44)31-24-42-43(26-31)25-29-12-7-13-30(23-29)37(46)40-19-20-41-38(47)49-39(3,4)5/h6-8,11-14,16-17,23-24,26H,9-10,15,18-22,25H2,1-5H3,(H,40,46)(H,41,47). The minimum atomic E-state index is -0.580. The van der Waals surface area contributed by atoms with Gasteiger partial charge in [-0.15, -0.1) is 0 Å². The van der Waals surface area contributed by atoms with Crippen molar-refractivity contribution in [2.45, 2.75) is 72.4 Å². The van der Waals surface area contributed by atoms with Gasteiger partial charge in [-0.2, -0.15) is 5.10 Å². The molecule has 258 valence electrons. The van der Waals surface area contributed by atoms with Gasteiger partial charge in [-0.25, -0.2) is 4.79 Å². The summed E-state index contributed by atoms with van der Waals surface area (Å²) in [5, 5.41) is 10.1. The summed E-state index contributed by atoms with van der Waals surface area (Å²) in [5.41, 5.74) is 7.40. The third-order valence-corrected chi connectivity index (χ3v) is 8.46. The van der Waals surface area contributed by atoms with Gasteiger partial charge >= 0.3 is 6.09 Å². The molecular formula is C39H47N5O5. The minimum absolute atomic E-state index is 0.113. The van der Waals surface area contributed by atoms with E-state index in [2.05, 4.69) is 41.7 Å². The number of aryl methyl sites for hydroxylation is 1. The lowest BCUT2D eigenvalue weighted by atomic mass is 9.93. The Kier molecular flexibility index (Phi) is 11.4. The summed E-state index contributed by atoms with van der Waals surface area (Å²) in [5.74, 6) is 0.764. The van der Waals surface area contributed by atoms with E-state index in [1.54, 1.807) is 26.8 Å². The molecular weight excluding hydrogens is 618 g/mol. The maximum Gasteiger partial charge on any atom is 0.407 e. The number of carbonyl (C=O) groups is 3. The molecule has 4 aromatic rings. The van der Waals surface area contributed by atoms with E-state index in [1.165, 1.54) is 5.56 Å². The normalized spacial score (nSPS) is 12.6. The third kappa shape index (κ3) is 9.49. The summed E-state index contributed by atoms with van der Waals surface area (Å²) < 4.78 is 13.1. The number of hydrogen-bond acceptors (Lipinski definition) is 6. The third-order valence-electron chi connectivity index (χ3n) is 8.46. The van der Waals surface area contributed by atoms with Gasteiger partial charge in [-0.1, -0.05) is 36.4 Å². The van der Waals surface area contributed by atoms with Crippen LogP contribution in [0.3, 0.4) is 0 Å². The van der Waals surface area contributed by atoms with Gasteiger partial charge in [-0.05, 0) is 106 Å². The molecule has 1 aromatic heterocycles. The molecule has 2 heterocycles. The molecule has 1 aliphatic heterocycles. The zero-order chi connectivity index (χ0) is 35.0. The molecule has 0 saturated carbocycles. The lowest BCUT2D eigenvalue weighted by molar-refractivity contribution is -0.118. The molecule has 0 unspecified atom stereocenters. The van der Waals surface area contributed by atoms with Crippen molar-refractivity contribution in [3.8, 4) is 16.9 Å². The second kappa shape index (κ2) is 15.9. The first-order valence-electron chi connectivity index (χ1n) is 17.0. The smallest absolute Gasteiger partial charge is 0.407 e. The predicted molar refractivity (Wildman–Crippen MR) is 191 cm³/mol. The van der Waals surface area contributed by atoms with Crippen LogP contribution in [0.5, 0.6) is 5.75 Å². The highest BCUT2D eigenvalue weighted by atomic mass is 16.6. The first-order valence-corrected chi connectivity index (χ1v) is 17.0. The van der Waals surface area contributed by atoms with Gasteiger partial charge in [0.2, 0.25) is 5.91 Å². The van der Waals surface area contributed by atoms with Crippen molar-refractivity contribution in [1.29, 1.82) is 0 Å². The summed E-state index contributed by atoms with van der Waals surface area (Å²) in [6, 6.07) is 19.6. The molecule has 0 atom stereocenters. The van der Waals surface area contributed by atoms with Crippen molar-refractivity contribution in [1.82, 2.24) is 20.4 Å². The number of rotatable bonds is 12. The fourth-order valence-electron chi connectivity index (χ4n) is 5.92. The number of hydrogen-bond donors (Lipinski definition) is 2. The molecule has 3 amide bonds. The summed E-state index contributed by atoms with van der Waals surface area (Å²) in [6.07, 6.45) is 6.21. The molecule has 10 heteroatoms. The van der Waals surface area contributed by atoms with E-state index < -0.39 is 11.7 Å². The Morgan fingerprint density at radius 3 is 2.55 bits per heavy atom. The zero-order valence-electron chi connectivity index (χ0n) is 29.2. The number of carbonyl (C=O) groups excluding carboxylic acids is 3. The lowest BCUT2D eigenvalue weighted by Crippen LogP contribution is -2.37. The first kappa shape index (κ1) is 35.2. The van der Waals surface area contributed by atoms with Crippen LogP contribution in [0.25, 0.3) is 11.1 Å². The summed E-state index contributed by atoms with van der Waals surface area (Å²) >= 11 is 0. The van der Waals surface area contributed by atoms with Crippen molar-refractivity contribution in [3.05, 3.63) is 101 Å². The van der Waals surface area contributed by atoms with Crippen LogP contribution in [0.1, 0.15) is 72.6 Å². The van der Waals surface area contributed by atoms with E-state index in [4.69, 9.17) is 9.47 Å². The molecule has 2 N–H and O–H groups in total. The molecule has 5 rings (SSSR count). The molecule has 0 fully saturated rings. The molecule has 10 nitrogen and oxygen atoms in total. The maximum atomic E-state index is 13.4. The average Bonchev–Trinajstić information content (AvgIpc) is 3.53. The van der Waals surface area contributed by atoms with Crippen molar-refractivity contribution >= 4 is 23.6 Å². The second-order valence-corrected chi connectivity index (χ2v) is 13.4. The molecule has 0 saturated heterocycles. The number of nitrogens with zero attached hydrogens (tertiary/aromatic N) is 3. The number of ether oxygens (including phenoxy) is 2. The second-order valence-electron chi connectivity index (χ2n) is 13.4. The summed E-state index contributed by atoms with van der Waals surface area (Å²) in [7, 11) is 0. The fourth-order valence-corrected chi connectivity index (χ4v) is 5.92. The Labute approximate surface area is 288 Å². The predicted octanol–water partition coefficient (Wildman–Crippen LogP) is 6.61. The number of nitrogens with one attached hydrogen (secondary N) is 2. The van der Waals surface area contributed by atoms with Crippen LogP contribution in [0.4, 0.5) is 10.5 Å². The molecule has 0 aliphatic carbocycles. The van der Waals surface area contributed by atoms with Crippen LogP contribution in [0, 0.1) is 13.8 Å². The Morgan fingerprint density at radius 1 is 0.959 bits per heavy atom. The van der Waals surface area contributed by atoms with Gasteiger partial charge in [0.25, 0.3) is 5.91 Å². The Balaban J connectivity index is 1.16. The molecule has 1 aliphatic rings. The number of fused-ring (bicyclic) bond motifs is 1. The number of alkyl carbamates (subject to hydrolysis) is 1. The Hall–Kier alpha value is -5.12. The number of anilines is 1. The molecule has 0 bridgehead atoms. The van der Waals surface area contributed by atoms with Crippen molar-refractivity contribution in [3.63, 3.8) is 0 Å². The highest BCUT2D eigenvalue weighted by molar-refractivity contribution is 5.96. The van der Waals surface area contributed by atoms with Crippen molar-refractivity contribution in [2.75, 3.05) is 31.1 Å². The van der Waals surface area contributed by atoms with Crippen molar-refractivity contribution in [2.24, 2.45) is 0 Å². The average molecular weight is 666 g/mol. The van der Waals surface area contributed by atoms with Gasteiger partial charge in [0.1, 0.15) is 11.4 Å². The minimum Gasteiger partial charge on any atom is -0.493 e. The van der Waals surface area contributed by atoms with Crippen molar-refractivity contribution < 1.29 is 23.9 Å². The van der Waals surface area contributed by atoms with Crippen LogP contribution in [0.15, 0.2) is 73.1 Å². The van der Waals surface area contributed by atoms with E-state index in [9.17, 15) is 14.4 Å².